The zero-order valence-corrected chi connectivity index (χ0v) is 17.1. The van der Waals surface area contributed by atoms with Gasteiger partial charge in [-0.2, -0.15) is 5.10 Å². The van der Waals surface area contributed by atoms with E-state index in [9.17, 15) is 4.79 Å². The van der Waals surface area contributed by atoms with Crippen molar-refractivity contribution in [1.82, 2.24) is 15.1 Å². The molecule has 30 heavy (non-hydrogen) atoms. The summed E-state index contributed by atoms with van der Waals surface area (Å²) in [5.74, 6) is 1.19. The molecule has 0 aliphatic carbocycles. The smallest absolute Gasteiger partial charge is 0.239 e. The van der Waals surface area contributed by atoms with Crippen LogP contribution < -0.4 is 10.6 Å². The Morgan fingerprint density at radius 2 is 1.87 bits per heavy atom. The number of carbonyl (C=O) groups excluding carboxylic acids is 1. The highest BCUT2D eigenvalue weighted by atomic mass is 35.5. The number of amides is 1. The number of halogens is 1. The molecule has 4 aromatic rings. The number of rotatable bonds is 7. The molecule has 4 rings (SSSR count). The van der Waals surface area contributed by atoms with Crippen molar-refractivity contribution in [3.63, 3.8) is 0 Å². The van der Waals surface area contributed by atoms with Gasteiger partial charge in [-0.3, -0.25) is 14.8 Å². The number of hydrogen-bond donors (Lipinski definition) is 2. The minimum Gasteiger partial charge on any atom is -0.467 e. The van der Waals surface area contributed by atoms with Crippen LogP contribution in [0.15, 0.2) is 83.5 Å². The number of aryl methyl sites for hydroxylation is 1. The molecule has 2 aromatic heterocycles. The van der Waals surface area contributed by atoms with Crippen LogP contribution in [-0.2, 0) is 11.8 Å². The van der Waals surface area contributed by atoms with Crippen molar-refractivity contribution < 1.29 is 9.21 Å². The molecule has 0 aliphatic heterocycles. The van der Waals surface area contributed by atoms with Gasteiger partial charge in [-0.05, 0) is 29.8 Å². The predicted octanol–water partition coefficient (Wildman–Crippen LogP) is 4.65. The second-order valence-corrected chi connectivity index (χ2v) is 7.27. The van der Waals surface area contributed by atoms with E-state index in [0.717, 1.165) is 22.6 Å². The maximum atomic E-state index is 12.6. The Labute approximate surface area is 179 Å². The second kappa shape index (κ2) is 8.98. The van der Waals surface area contributed by atoms with Crippen LogP contribution in [0, 0.1) is 0 Å². The summed E-state index contributed by atoms with van der Waals surface area (Å²) in [5.41, 5.74) is 2.71. The van der Waals surface area contributed by atoms with Gasteiger partial charge in [-0.15, -0.1) is 0 Å². The number of aromatic nitrogens is 2. The van der Waals surface area contributed by atoms with E-state index in [1.165, 1.54) is 0 Å². The quantitative estimate of drug-likeness (QED) is 0.456. The Morgan fingerprint density at radius 1 is 1.10 bits per heavy atom. The molecule has 0 saturated carbocycles. The van der Waals surface area contributed by atoms with Crippen molar-refractivity contribution in [3.8, 4) is 11.3 Å². The highest BCUT2D eigenvalue weighted by Crippen LogP contribution is 2.24. The van der Waals surface area contributed by atoms with Crippen LogP contribution in [-0.4, -0.2) is 22.2 Å². The fourth-order valence-corrected chi connectivity index (χ4v) is 3.34. The summed E-state index contributed by atoms with van der Waals surface area (Å²) < 4.78 is 7.20. The van der Waals surface area contributed by atoms with Crippen molar-refractivity contribution in [3.05, 3.63) is 95.4 Å². The lowest BCUT2D eigenvalue weighted by Gasteiger charge is -2.17. The highest BCUT2D eigenvalue weighted by Gasteiger charge is 2.18. The van der Waals surface area contributed by atoms with Crippen LogP contribution in [0.25, 0.3) is 11.3 Å². The molecule has 0 spiro atoms. The van der Waals surface area contributed by atoms with Crippen molar-refractivity contribution in [2.24, 2.45) is 7.05 Å². The standard InChI is InChI=1S/C23H21ClN4O2/c1-28-21(14-19(27-28)16-9-11-18(24)12-10-16)26-22(29)15-25-23(20-8-5-13-30-20)17-6-3-2-4-7-17/h2-14,23,25H,15H2,1H3,(H,26,29)/t23-/m1/s1. The molecular weight excluding hydrogens is 400 g/mol. The van der Waals surface area contributed by atoms with E-state index in [-0.39, 0.29) is 18.5 Å². The van der Waals surface area contributed by atoms with Gasteiger partial charge in [0.2, 0.25) is 5.91 Å². The SMILES string of the molecule is Cn1nc(-c2ccc(Cl)cc2)cc1NC(=O)CN[C@H](c1ccccc1)c1ccco1. The minimum absolute atomic E-state index is 0.113. The number of anilines is 1. The van der Waals surface area contributed by atoms with Crippen molar-refractivity contribution >= 4 is 23.3 Å². The first-order valence-electron chi connectivity index (χ1n) is 9.52. The summed E-state index contributed by atoms with van der Waals surface area (Å²) >= 11 is 5.95. The maximum Gasteiger partial charge on any atom is 0.239 e. The Balaban J connectivity index is 1.43. The Morgan fingerprint density at radius 3 is 2.57 bits per heavy atom. The molecule has 0 fully saturated rings. The van der Waals surface area contributed by atoms with E-state index >= 15 is 0 Å². The molecule has 7 heteroatoms. The van der Waals surface area contributed by atoms with Crippen molar-refractivity contribution in [1.29, 1.82) is 0 Å². The first-order chi connectivity index (χ1) is 14.6. The molecule has 1 atom stereocenters. The lowest BCUT2D eigenvalue weighted by Crippen LogP contribution is -2.32. The molecule has 1 amide bonds. The lowest BCUT2D eigenvalue weighted by atomic mass is 10.0. The molecule has 2 N–H and O–H groups in total. The molecule has 152 valence electrons. The number of nitrogens with one attached hydrogen (secondary N) is 2. The van der Waals surface area contributed by atoms with Crippen LogP contribution in [0.4, 0.5) is 5.82 Å². The molecular formula is C23H21ClN4O2. The largest absolute Gasteiger partial charge is 0.467 e. The van der Waals surface area contributed by atoms with Gasteiger partial charge in [0.15, 0.2) is 0 Å². The van der Waals surface area contributed by atoms with Crippen LogP contribution in [0.2, 0.25) is 5.02 Å². The number of carbonyl (C=O) groups is 1. The first kappa shape index (κ1) is 19.9. The van der Waals surface area contributed by atoms with Gasteiger partial charge >= 0.3 is 0 Å². The molecule has 6 nitrogen and oxygen atoms in total. The summed E-state index contributed by atoms with van der Waals surface area (Å²) in [6, 6.07) is 22.6. The van der Waals surface area contributed by atoms with Crippen LogP contribution in [0.3, 0.4) is 0 Å². The van der Waals surface area contributed by atoms with Gasteiger partial charge in [-0.1, -0.05) is 54.1 Å². The summed E-state index contributed by atoms with van der Waals surface area (Å²) in [6.07, 6.45) is 1.63. The first-order valence-corrected chi connectivity index (χ1v) is 9.89. The molecule has 0 bridgehead atoms. The van der Waals surface area contributed by atoms with Gasteiger partial charge < -0.3 is 9.73 Å². The van der Waals surface area contributed by atoms with Gasteiger partial charge in [0.25, 0.3) is 0 Å². The van der Waals surface area contributed by atoms with Crippen molar-refractivity contribution in [2.75, 3.05) is 11.9 Å². The minimum atomic E-state index is -0.219. The molecule has 0 aliphatic rings. The Hall–Kier alpha value is -3.35. The number of hydrogen-bond acceptors (Lipinski definition) is 4. The highest BCUT2D eigenvalue weighted by molar-refractivity contribution is 6.30. The van der Waals surface area contributed by atoms with E-state index in [4.69, 9.17) is 16.0 Å². The van der Waals surface area contributed by atoms with Crippen molar-refractivity contribution in [2.45, 2.75) is 6.04 Å². The van der Waals surface area contributed by atoms with E-state index in [2.05, 4.69) is 15.7 Å². The molecule has 2 heterocycles. The summed E-state index contributed by atoms with van der Waals surface area (Å²) in [7, 11) is 1.79. The third-order valence-corrected chi connectivity index (χ3v) is 4.97. The molecule has 0 saturated heterocycles. The predicted molar refractivity (Wildman–Crippen MR) is 117 cm³/mol. The zero-order valence-electron chi connectivity index (χ0n) is 16.4. The maximum absolute atomic E-state index is 12.6. The number of benzene rings is 2. The van der Waals surface area contributed by atoms with Gasteiger partial charge in [0.05, 0.1) is 24.5 Å². The zero-order chi connectivity index (χ0) is 20.9. The van der Waals surface area contributed by atoms with E-state index in [1.807, 2.05) is 72.8 Å². The molecule has 2 aromatic carbocycles. The van der Waals surface area contributed by atoms with E-state index < -0.39 is 0 Å². The average molecular weight is 421 g/mol. The monoisotopic (exact) mass is 420 g/mol. The second-order valence-electron chi connectivity index (χ2n) is 6.83. The summed E-state index contributed by atoms with van der Waals surface area (Å²) in [5, 5.41) is 11.3. The Kier molecular flexibility index (Phi) is 5.97. The third-order valence-electron chi connectivity index (χ3n) is 4.71. The summed E-state index contributed by atoms with van der Waals surface area (Å²) in [4.78, 5) is 12.6. The lowest BCUT2D eigenvalue weighted by molar-refractivity contribution is -0.115. The van der Waals surface area contributed by atoms with Crippen LogP contribution in [0.5, 0.6) is 0 Å². The van der Waals surface area contributed by atoms with E-state index in [0.29, 0.717) is 10.8 Å². The van der Waals surface area contributed by atoms with Gasteiger partial charge in [0.1, 0.15) is 11.6 Å². The fraction of sp³-hybridized carbons (Fsp3) is 0.130. The number of furan rings is 1. The van der Waals surface area contributed by atoms with Gasteiger partial charge in [0, 0.05) is 23.7 Å². The Bertz CT molecular complexity index is 1110. The topological polar surface area (TPSA) is 72.1 Å². The molecule has 0 unspecified atom stereocenters. The third kappa shape index (κ3) is 4.62. The number of nitrogens with zero attached hydrogens (tertiary/aromatic N) is 2. The normalized spacial score (nSPS) is 11.9. The van der Waals surface area contributed by atoms with Crippen LogP contribution >= 0.6 is 11.6 Å². The van der Waals surface area contributed by atoms with Gasteiger partial charge in [-0.25, -0.2) is 0 Å². The molecule has 0 radical (unpaired) electrons. The summed E-state index contributed by atoms with van der Waals surface area (Å²) in [6.45, 7) is 0.113. The van der Waals surface area contributed by atoms with E-state index in [1.54, 1.807) is 18.0 Å². The average Bonchev–Trinajstić information content (AvgIpc) is 3.40. The van der Waals surface area contributed by atoms with Crippen LogP contribution in [0.1, 0.15) is 17.4 Å². The fourth-order valence-electron chi connectivity index (χ4n) is 3.21.